The van der Waals surface area contributed by atoms with Crippen LogP contribution in [0.15, 0.2) is 48.2 Å². The van der Waals surface area contributed by atoms with Gasteiger partial charge < -0.3 is 25.3 Å². The Morgan fingerprint density at radius 3 is 2.61 bits per heavy atom. The van der Waals surface area contributed by atoms with Gasteiger partial charge >= 0.3 is 5.97 Å². The van der Waals surface area contributed by atoms with E-state index in [0.29, 0.717) is 16.8 Å². The lowest BCUT2D eigenvalue weighted by molar-refractivity contribution is -0.146. The zero-order chi connectivity index (χ0) is 19.8. The predicted molar refractivity (Wildman–Crippen MR) is 97.2 cm³/mol. The molecule has 0 spiro atoms. The quantitative estimate of drug-likeness (QED) is 0.456. The number of benzene rings is 2. The molecule has 28 heavy (non-hydrogen) atoms. The molecular weight excluding hydrogens is 364 g/mol. The first-order valence-electron chi connectivity index (χ1n) is 8.73. The van der Waals surface area contributed by atoms with E-state index in [1.807, 2.05) is 0 Å². The zero-order valence-corrected chi connectivity index (χ0v) is 14.5. The molecule has 3 aliphatic heterocycles. The van der Waals surface area contributed by atoms with Crippen LogP contribution in [0.25, 0.3) is 6.08 Å². The van der Waals surface area contributed by atoms with Gasteiger partial charge in [-0.25, -0.2) is 4.79 Å². The van der Waals surface area contributed by atoms with Crippen LogP contribution in [0.2, 0.25) is 0 Å². The molecule has 3 aliphatic rings. The van der Waals surface area contributed by atoms with Gasteiger partial charge in [-0.05, 0) is 29.8 Å². The van der Waals surface area contributed by atoms with E-state index in [0.717, 1.165) is 0 Å². The summed E-state index contributed by atoms with van der Waals surface area (Å²) in [6.07, 6.45) is 0.594. The second-order valence-electron chi connectivity index (χ2n) is 7.23. The van der Waals surface area contributed by atoms with Gasteiger partial charge in [-0.2, -0.15) is 0 Å². The summed E-state index contributed by atoms with van der Waals surface area (Å²) in [6, 6.07) is 10.1. The fraction of sp³-hybridized carbons (Fsp3) is 0.200. The molecule has 8 heteroatoms. The largest absolute Gasteiger partial charge is 0.504 e. The molecule has 2 aromatic rings. The maximum atomic E-state index is 13.1. The highest BCUT2D eigenvalue weighted by Crippen LogP contribution is 2.57. The molecule has 2 aromatic carbocycles. The van der Waals surface area contributed by atoms with E-state index in [4.69, 9.17) is 0 Å². The average molecular weight is 380 g/mol. The molecule has 0 bridgehead atoms. The van der Waals surface area contributed by atoms with Crippen molar-refractivity contribution in [2.24, 2.45) is 0 Å². The van der Waals surface area contributed by atoms with Gasteiger partial charge in [0.25, 0.3) is 5.91 Å². The summed E-state index contributed by atoms with van der Waals surface area (Å²) < 4.78 is 0. The molecule has 5 rings (SSSR count). The van der Waals surface area contributed by atoms with Crippen LogP contribution < -0.4 is 4.90 Å². The van der Waals surface area contributed by atoms with Crippen LogP contribution in [-0.2, 0) is 15.2 Å². The molecule has 0 radical (unpaired) electrons. The highest BCUT2D eigenvalue weighted by Gasteiger charge is 2.68. The number of carboxylic acid groups (broad SMARTS) is 1. The molecule has 3 heterocycles. The first kappa shape index (κ1) is 16.6. The number of carbonyl (C=O) groups excluding carboxylic acids is 1. The second-order valence-corrected chi connectivity index (χ2v) is 7.23. The molecule has 142 valence electrons. The minimum atomic E-state index is -1.48. The normalized spacial score (nSPS) is 28.8. The molecule has 4 N–H and O–H groups in total. The molecule has 2 fully saturated rings. The maximum absolute atomic E-state index is 13.1. The van der Waals surface area contributed by atoms with Crippen molar-refractivity contribution >= 4 is 23.6 Å². The van der Waals surface area contributed by atoms with Crippen molar-refractivity contribution in [3.05, 3.63) is 59.3 Å². The third kappa shape index (κ3) is 1.92. The molecule has 8 nitrogen and oxygen atoms in total. The van der Waals surface area contributed by atoms with E-state index in [-0.39, 0.29) is 23.6 Å². The number of anilines is 1. The Morgan fingerprint density at radius 1 is 1.14 bits per heavy atom. The van der Waals surface area contributed by atoms with E-state index in [1.54, 1.807) is 29.2 Å². The Bertz CT molecular complexity index is 1080. The van der Waals surface area contributed by atoms with Crippen LogP contribution in [0.3, 0.4) is 0 Å². The number of aliphatic hydroxyl groups is 1. The van der Waals surface area contributed by atoms with Crippen molar-refractivity contribution in [2.75, 3.05) is 4.90 Å². The molecule has 0 aromatic heterocycles. The number of phenolic OH excluding ortho intramolecular Hbond substituents is 2. The predicted octanol–water partition coefficient (Wildman–Crippen LogP) is 1.17. The van der Waals surface area contributed by atoms with E-state index in [1.165, 1.54) is 29.2 Å². The van der Waals surface area contributed by atoms with Crippen molar-refractivity contribution < 1.29 is 30.0 Å². The van der Waals surface area contributed by atoms with E-state index < -0.39 is 29.7 Å². The van der Waals surface area contributed by atoms with Crippen LogP contribution in [-0.4, -0.2) is 49.4 Å². The van der Waals surface area contributed by atoms with Crippen LogP contribution in [0.4, 0.5) is 5.69 Å². The number of rotatable bonds is 2. The molecule has 0 saturated carbocycles. The number of aromatic hydroxyl groups is 2. The summed E-state index contributed by atoms with van der Waals surface area (Å²) in [5.74, 6) is -2.29. The zero-order valence-electron chi connectivity index (χ0n) is 14.5. The molecule has 1 amide bonds. The minimum Gasteiger partial charge on any atom is -0.504 e. The Kier molecular flexibility index (Phi) is 3.13. The number of carboxylic acids is 1. The van der Waals surface area contributed by atoms with Gasteiger partial charge in [0, 0.05) is 17.7 Å². The average Bonchev–Trinajstić information content (AvgIpc) is 3.22. The first-order valence-corrected chi connectivity index (χ1v) is 8.73. The standard InChI is InChI=1S/C20H16N2O6/c23-15-6-5-10(8-16(15)24)7-13-17(25)22-14(18(26)27)9-20(28)11-3-1-2-4-12(11)21(13)19(20)22/h1-8,14,19,23-24,28H,9H2,(H,26,27)/b13-7-/t14-,19-,20+/m0/s1. The second kappa shape index (κ2) is 5.26. The van der Waals surface area contributed by atoms with Crippen molar-refractivity contribution in [2.45, 2.75) is 24.2 Å². The van der Waals surface area contributed by atoms with Crippen molar-refractivity contribution in [1.82, 2.24) is 4.90 Å². The smallest absolute Gasteiger partial charge is 0.326 e. The van der Waals surface area contributed by atoms with E-state index >= 15 is 0 Å². The number of fused-ring (bicyclic) bond motifs is 3. The van der Waals surface area contributed by atoms with Crippen LogP contribution in [0.5, 0.6) is 11.5 Å². The lowest BCUT2D eigenvalue weighted by atomic mass is 9.91. The maximum Gasteiger partial charge on any atom is 0.326 e. The third-order valence-electron chi connectivity index (χ3n) is 5.71. The van der Waals surface area contributed by atoms with Gasteiger partial charge in [-0.3, -0.25) is 9.69 Å². The van der Waals surface area contributed by atoms with Gasteiger partial charge in [0.05, 0.1) is 0 Å². The van der Waals surface area contributed by atoms with Crippen molar-refractivity contribution in [3.63, 3.8) is 0 Å². The number of nitrogens with zero attached hydrogens (tertiary/aromatic N) is 2. The number of hydrogen-bond acceptors (Lipinski definition) is 6. The number of hydrogen-bond donors (Lipinski definition) is 4. The Labute approximate surface area is 159 Å². The van der Waals surface area contributed by atoms with Crippen molar-refractivity contribution in [1.29, 1.82) is 0 Å². The summed E-state index contributed by atoms with van der Waals surface area (Å²) in [5, 5.41) is 40.2. The summed E-state index contributed by atoms with van der Waals surface area (Å²) >= 11 is 0. The topological polar surface area (TPSA) is 122 Å². The molecule has 0 unspecified atom stereocenters. The number of amides is 1. The van der Waals surface area contributed by atoms with Gasteiger partial charge in [0.1, 0.15) is 23.5 Å². The highest BCUT2D eigenvalue weighted by atomic mass is 16.4. The van der Waals surface area contributed by atoms with Gasteiger partial charge in [0.2, 0.25) is 0 Å². The molecule has 2 saturated heterocycles. The Balaban J connectivity index is 1.71. The summed E-state index contributed by atoms with van der Waals surface area (Å²) in [7, 11) is 0. The third-order valence-corrected chi connectivity index (χ3v) is 5.71. The highest BCUT2D eigenvalue weighted by molar-refractivity contribution is 6.08. The van der Waals surface area contributed by atoms with Gasteiger partial charge in [-0.15, -0.1) is 0 Å². The van der Waals surface area contributed by atoms with Crippen LogP contribution in [0, 0.1) is 0 Å². The van der Waals surface area contributed by atoms with E-state index in [2.05, 4.69) is 0 Å². The van der Waals surface area contributed by atoms with Crippen molar-refractivity contribution in [3.8, 4) is 11.5 Å². The Hall–Kier alpha value is -3.52. The van der Waals surface area contributed by atoms with Crippen LogP contribution >= 0.6 is 0 Å². The number of aliphatic carboxylic acids is 1. The number of para-hydroxylation sites is 1. The fourth-order valence-electron chi connectivity index (χ4n) is 4.54. The minimum absolute atomic E-state index is 0.0838. The lowest BCUT2D eigenvalue weighted by Gasteiger charge is -2.26. The molecule has 3 atom stereocenters. The monoisotopic (exact) mass is 380 g/mol. The fourth-order valence-corrected chi connectivity index (χ4v) is 4.54. The van der Waals surface area contributed by atoms with Crippen LogP contribution in [0.1, 0.15) is 17.5 Å². The molecular formula is C20H16N2O6. The molecule has 0 aliphatic carbocycles. The number of carbonyl (C=O) groups is 2. The SMILES string of the molecule is O=C(O)[C@@H]1C[C@@]2(O)c3ccccc3N3/C(=C\c4ccc(O)c(O)c4)C(=O)N1[C@H]32. The number of phenols is 2. The van der Waals surface area contributed by atoms with E-state index in [9.17, 15) is 30.0 Å². The summed E-state index contributed by atoms with van der Waals surface area (Å²) in [4.78, 5) is 27.8. The van der Waals surface area contributed by atoms with Gasteiger partial charge in [0.15, 0.2) is 11.5 Å². The Morgan fingerprint density at radius 2 is 1.89 bits per heavy atom. The van der Waals surface area contributed by atoms with Gasteiger partial charge in [-0.1, -0.05) is 24.3 Å². The first-order chi connectivity index (χ1) is 13.3. The summed E-state index contributed by atoms with van der Waals surface area (Å²) in [6.45, 7) is 0. The lowest BCUT2D eigenvalue weighted by Crippen LogP contribution is -2.45. The summed E-state index contributed by atoms with van der Waals surface area (Å²) in [5.41, 5.74) is 0.399.